The van der Waals surface area contributed by atoms with Gasteiger partial charge in [-0.3, -0.25) is 0 Å². The molecule has 0 spiro atoms. The molecule has 3 heterocycles. The summed E-state index contributed by atoms with van der Waals surface area (Å²) in [7, 11) is 0. The Hall–Kier alpha value is -1.99. The van der Waals surface area contributed by atoms with Gasteiger partial charge in [-0.25, -0.2) is 4.98 Å². The normalized spacial score (nSPS) is 12.8. The molecular formula is C12H12N4O2S. The molecule has 98 valence electrons. The molecule has 1 unspecified atom stereocenters. The van der Waals surface area contributed by atoms with Gasteiger partial charge in [0.25, 0.3) is 5.89 Å². The molecule has 0 aliphatic heterocycles. The highest BCUT2D eigenvalue weighted by molar-refractivity contribution is 7.10. The van der Waals surface area contributed by atoms with E-state index in [-0.39, 0.29) is 6.04 Å². The third-order valence-corrected chi connectivity index (χ3v) is 3.67. The second kappa shape index (κ2) is 4.60. The van der Waals surface area contributed by atoms with Crippen molar-refractivity contribution in [2.24, 2.45) is 5.73 Å². The van der Waals surface area contributed by atoms with Gasteiger partial charge in [0.1, 0.15) is 10.7 Å². The minimum Gasteiger partial charge on any atom is -0.461 e. The van der Waals surface area contributed by atoms with Gasteiger partial charge in [0.15, 0.2) is 5.76 Å². The lowest BCUT2D eigenvalue weighted by Crippen LogP contribution is -2.03. The molecule has 3 aromatic rings. The lowest BCUT2D eigenvalue weighted by molar-refractivity contribution is 0.428. The first kappa shape index (κ1) is 12.1. The van der Waals surface area contributed by atoms with Gasteiger partial charge in [-0.05, 0) is 25.5 Å². The Bertz CT molecular complexity index is 698. The average Bonchev–Trinajstić information content (AvgIpc) is 3.07. The van der Waals surface area contributed by atoms with Crippen LogP contribution >= 0.6 is 11.3 Å². The van der Waals surface area contributed by atoms with Crippen molar-refractivity contribution < 1.29 is 8.94 Å². The number of furan rings is 1. The Balaban J connectivity index is 1.94. The summed E-state index contributed by atoms with van der Waals surface area (Å²) in [4.78, 5) is 8.65. The summed E-state index contributed by atoms with van der Waals surface area (Å²) >= 11 is 1.48. The summed E-state index contributed by atoms with van der Waals surface area (Å²) in [5.41, 5.74) is 7.37. The highest BCUT2D eigenvalue weighted by atomic mass is 32.1. The SMILES string of the molecule is Cc1ccoc1-c1noc(-c2csc(C(C)N)n2)n1. The fraction of sp³-hybridized carbons (Fsp3) is 0.250. The van der Waals surface area contributed by atoms with Crippen LogP contribution in [-0.4, -0.2) is 15.1 Å². The summed E-state index contributed by atoms with van der Waals surface area (Å²) in [5.74, 6) is 1.40. The van der Waals surface area contributed by atoms with Gasteiger partial charge in [0, 0.05) is 5.38 Å². The highest BCUT2D eigenvalue weighted by Crippen LogP contribution is 2.27. The smallest absolute Gasteiger partial charge is 0.277 e. The fourth-order valence-corrected chi connectivity index (χ4v) is 2.37. The van der Waals surface area contributed by atoms with Gasteiger partial charge in [0.05, 0.1) is 12.3 Å². The van der Waals surface area contributed by atoms with Crippen molar-refractivity contribution in [1.82, 2.24) is 15.1 Å². The number of nitrogens with zero attached hydrogens (tertiary/aromatic N) is 3. The molecule has 2 N–H and O–H groups in total. The molecular weight excluding hydrogens is 264 g/mol. The first-order valence-corrected chi connectivity index (χ1v) is 6.62. The largest absolute Gasteiger partial charge is 0.461 e. The Morgan fingerprint density at radius 2 is 2.21 bits per heavy atom. The third kappa shape index (κ3) is 2.18. The van der Waals surface area contributed by atoms with Gasteiger partial charge in [-0.15, -0.1) is 11.3 Å². The van der Waals surface area contributed by atoms with Crippen LogP contribution in [0.1, 0.15) is 23.5 Å². The van der Waals surface area contributed by atoms with Crippen LogP contribution in [0.2, 0.25) is 0 Å². The molecule has 3 rings (SSSR count). The molecule has 0 aliphatic rings. The molecule has 0 amide bonds. The molecule has 19 heavy (non-hydrogen) atoms. The Morgan fingerprint density at radius 1 is 1.37 bits per heavy atom. The van der Waals surface area contributed by atoms with E-state index in [4.69, 9.17) is 14.7 Å². The van der Waals surface area contributed by atoms with Crippen LogP contribution < -0.4 is 5.73 Å². The van der Waals surface area contributed by atoms with E-state index in [0.29, 0.717) is 23.2 Å². The molecule has 3 aromatic heterocycles. The Kier molecular flexibility index (Phi) is 2.92. The van der Waals surface area contributed by atoms with E-state index in [2.05, 4.69) is 15.1 Å². The zero-order chi connectivity index (χ0) is 13.4. The zero-order valence-corrected chi connectivity index (χ0v) is 11.3. The predicted octanol–water partition coefficient (Wildman–Crippen LogP) is 2.78. The topological polar surface area (TPSA) is 91.0 Å². The Labute approximate surface area is 113 Å². The molecule has 0 fully saturated rings. The van der Waals surface area contributed by atoms with Crippen molar-refractivity contribution >= 4 is 11.3 Å². The predicted molar refractivity (Wildman–Crippen MR) is 70.4 cm³/mol. The summed E-state index contributed by atoms with van der Waals surface area (Å²) in [6.45, 7) is 3.81. The minimum atomic E-state index is -0.103. The minimum absolute atomic E-state index is 0.103. The number of rotatable bonds is 3. The maximum absolute atomic E-state index is 5.77. The molecule has 0 saturated heterocycles. The van der Waals surface area contributed by atoms with E-state index >= 15 is 0 Å². The maximum Gasteiger partial charge on any atom is 0.277 e. The standard InChI is InChI=1S/C12H12N4O2S/c1-6-3-4-17-9(6)10-15-11(18-16-10)8-5-19-12(14-8)7(2)13/h3-5,7H,13H2,1-2H3. The highest BCUT2D eigenvalue weighted by Gasteiger charge is 2.17. The lowest BCUT2D eigenvalue weighted by Gasteiger charge is -1.95. The van der Waals surface area contributed by atoms with Gasteiger partial charge in [0.2, 0.25) is 5.82 Å². The van der Waals surface area contributed by atoms with Crippen molar-refractivity contribution in [3.8, 4) is 23.2 Å². The van der Waals surface area contributed by atoms with Gasteiger partial charge >= 0.3 is 0 Å². The molecule has 7 heteroatoms. The van der Waals surface area contributed by atoms with Crippen LogP contribution in [0.4, 0.5) is 0 Å². The second-order valence-electron chi connectivity index (χ2n) is 4.22. The fourth-order valence-electron chi connectivity index (χ4n) is 1.62. The molecule has 6 nitrogen and oxygen atoms in total. The van der Waals surface area contributed by atoms with Crippen molar-refractivity contribution in [2.45, 2.75) is 19.9 Å². The van der Waals surface area contributed by atoms with Crippen molar-refractivity contribution in [3.05, 3.63) is 28.3 Å². The quantitative estimate of drug-likeness (QED) is 0.791. The number of aryl methyl sites for hydroxylation is 1. The molecule has 0 bridgehead atoms. The molecule has 0 radical (unpaired) electrons. The number of hydrogen-bond donors (Lipinski definition) is 1. The third-order valence-electron chi connectivity index (χ3n) is 2.62. The van der Waals surface area contributed by atoms with E-state index in [0.717, 1.165) is 10.6 Å². The lowest BCUT2D eigenvalue weighted by atomic mass is 10.3. The molecule has 0 saturated carbocycles. The molecule has 1 atom stereocenters. The van der Waals surface area contributed by atoms with Crippen molar-refractivity contribution in [3.63, 3.8) is 0 Å². The van der Waals surface area contributed by atoms with Crippen LogP contribution in [0.5, 0.6) is 0 Å². The van der Waals surface area contributed by atoms with E-state index in [9.17, 15) is 0 Å². The van der Waals surface area contributed by atoms with Crippen LogP contribution in [-0.2, 0) is 0 Å². The van der Waals surface area contributed by atoms with Crippen molar-refractivity contribution in [2.75, 3.05) is 0 Å². The Morgan fingerprint density at radius 3 is 2.84 bits per heavy atom. The number of hydrogen-bond acceptors (Lipinski definition) is 7. The van der Waals surface area contributed by atoms with Gasteiger partial charge in [-0.2, -0.15) is 4.98 Å². The summed E-state index contributed by atoms with van der Waals surface area (Å²) in [5, 5.41) is 6.59. The number of nitrogens with two attached hydrogens (primary N) is 1. The van der Waals surface area contributed by atoms with Crippen LogP contribution in [0, 0.1) is 6.92 Å². The van der Waals surface area contributed by atoms with E-state index in [1.807, 2.05) is 25.3 Å². The van der Waals surface area contributed by atoms with Gasteiger partial charge < -0.3 is 14.7 Å². The molecule has 0 aromatic carbocycles. The van der Waals surface area contributed by atoms with E-state index in [1.165, 1.54) is 11.3 Å². The summed E-state index contributed by atoms with van der Waals surface area (Å²) < 4.78 is 10.5. The van der Waals surface area contributed by atoms with Crippen molar-refractivity contribution in [1.29, 1.82) is 0 Å². The number of thiazole rings is 1. The summed E-state index contributed by atoms with van der Waals surface area (Å²) in [6, 6.07) is 1.75. The van der Waals surface area contributed by atoms with Gasteiger partial charge in [-0.1, -0.05) is 5.16 Å². The van der Waals surface area contributed by atoms with Crippen LogP contribution in [0.3, 0.4) is 0 Å². The maximum atomic E-state index is 5.77. The summed E-state index contributed by atoms with van der Waals surface area (Å²) in [6.07, 6.45) is 1.59. The number of aromatic nitrogens is 3. The zero-order valence-electron chi connectivity index (χ0n) is 10.5. The average molecular weight is 276 g/mol. The monoisotopic (exact) mass is 276 g/mol. The van der Waals surface area contributed by atoms with E-state index in [1.54, 1.807) is 6.26 Å². The second-order valence-corrected chi connectivity index (χ2v) is 5.11. The first-order valence-electron chi connectivity index (χ1n) is 5.74. The first-order chi connectivity index (χ1) is 9.15. The molecule has 0 aliphatic carbocycles. The van der Waals surface area contributed by atoms with Crippen LogP contribution in [0.15, 0.2) is 26.6 Å². The van der Waals surface area contributed by atoms with Crippen LogP contribution in [0.25, 0.3) is 23.2 Å². The van der Waals surface area contributed by atoms with E-state index < -0.39 is 0 Å².